The molecule has 0 radical (unpaired) electrons. The zero-order valence-electron chi connectivity index (χ0n) is 23.7. The Morgan fingerprint density at radius 3 is 2.16 bits per heavy atom. The Morgan fingerprint density at radius 1 is 1.32 bits per heavy atom. The molecule has 2 fully saturated rings. The van der Waals surface area contributed by atoms with Crippen LogP contribution in [0.5, 0.6) is 0 Å². The number of hydrogen-bond donors (Lipinski definition) is 5. The minimum absolute atomic E-state index is 0.0625. The summed E-state index contributed by atoms with van der Waals surface area (Å²) in [6.07, 6.45) is 6.38. The fourth-order valence-electron chi connectivity index (χ4n) is 3.86. The van der Waals surface area contributed by atoms with Gasteiger partial charge in [0.1, 0.15) is 5.67 Å². The summed E-state index contributed by atoms with van der Waals surface area (Å²) >= 11 is 6.02. The zero-order chi connectivity index (χ0) is 29.7. The number of primary amides is 1. The number of carbonyl (C=O) groups is 2. The van der Waals surface area contributed by atoms with E-state index in [0.717, 1.165) is 37.6 Å². The van der Waals surface area contributed by atoms with Crippen molar-refractivity contribution >= 4 is 34.9 Å². The van der Waals surface area contributed by atoms with Crippen LogP contribution in [0.3, 0.4) is 0 Å². The Hall–Kier alpha value is -2.97. The lowest BCUT2D eigenvalue weighted by Crippen LogP contribution is -2.69. The van der Waals surface area contributed by atoms with E-state index in [-0.39, 0.29) is 17.0 Å². The second kappa shape index (κ2) is 16.1. The molecule has 1 aromatic carbocycles. The van der Waals surface area contributed by atoms with Crippen molar-refractivity contribution in [2.24, 2.45) is 11.1 Å². The van der Waals surface area contributed by atoms with E-state index in [9.17, 15) is 19.1 Å². The molecule has 3 rings (SSSR count). The standard InChI is InChI=1S/C17H21ClN2O2.C7H12FN.C3H5NO.C2H6/c1-5-13(18)9-14(11(3)19)12(4)20-16-7-6-10(2)8-15(16)17(21)22;1-6(8)2-3-7(6)4-9-5-7;1-2-3(4)5;1-2/h5-9,12,19-20H,1-4H3,(H,21,22);9H,2-5H2,1H3;2H,1H2,(H2,4,5);1-2H3/b13-5+,14-9+,19-11?;;;. The molecule has 1 amide bonds. The van der Waals surface area contributed by atoms with Crippen LogP contribution in [-0.2, 0) is 4.79 Å². The first kappa shape index (κ1) is 35.0. The molecule has 1 saturated carbocycles. The molecule has 2 atom stereocenters. The van der Waals surface area contributed by atoms with Gasteiger partial charge in [-0.3, -0.25) is 4.79 Å². The summed E-state index contributed by atoms with van der Waals surface area (Å²) in [4.78, 5) is 20.8. The maximum absolute atomic E-state index is 13.3. The summed E-state index contributed by atoms with van der Waals surface area (Å²) in [6, 6.07) is 4.97. The number of rotatable bonds is 7. The van der Waals surface area contributed by atoms with Crippen LogP contribution in [0.1, 0.15) is 70.3 Å². The third-order valence-electron chi connectivity index (χ3n) is 6.55. The first-order chi connectivity index (χ1) is 17.7. The van der Waals surface area contributed by atoms with Gasteiger partial charge in [0, 0.05) is 34.9 Å². The molecule has 6 N–H and O–H groups in total. The smallest absolute Gasteiger partial charge is 0.337 e. The lowest BCUT2D eigenvalue weighted by molar-refractivity contribution is -0.125. The molecule has 1 saturated heterocycles. The number of amides is 1. The topological polar surface area (TPSA) is 128 Å². The van der Waals surface area contributed by atoms with Gasteiger partial charge in [0.25, 0.3) is 0 Å². The zero-order valence-corrected chi connectivity index (χ0v) is 24.4. The second-order valence-corrected chi connectivity index (χ2v) is 9.74. The molecule has 2 unspecified atom stereocenters. The summed E-state index contributed by atoms with van der Waals surface area (Å²) in [7, 11) is 0. The summed E-state index contributed by atoms with van der Waals surface area (Å²) in [6.45, 7) is 17.8. The number of carboxylic acid groups (broad SMARTS) is 1. The number of anilines is 1. The third kappa shape index (κ3) is 10.1. The normalized spacial score (nSPS) is 19.8. The van der Waals surface area contributed by atoms with Gasteiger partial charge in [-0.15, -0.1) is 0 Å². The number of nitrogens with two attached hydrogens (primary N) is 1. The van der Waals surface area contributed by atoms with E-state index in [0.29, 0.717) is 22.0 Å². The number of nitrogens with one attached hydrogen (secondary N) is 3. The van der Waals surface area contributed by atoms with E-state index < -0.39 is 17.5 Å². The first-order valence-electron chi connectivity index (χ1n) is 12.7. The van der Waals surface area contributed by atoms with Gasteiger partial charge in [0.15, 0.2) is 0 Å². The number of aromatic carboxylic acids is 1. The molecular formula is C29H44ClFN4O3. The van der Waals surface area contributed by atoms with E-state index >= 15 is 0 Å². The molecule has 9 heteroatoms. The number of allylic oxidation sites excluding steroid dienone is 3. The van der Waals surface area contributed by atoms with Gasteiger partial charge < -0.3 is 26.9 Å². The van der Waals surface area contributed by atoms with Crippen molar-refractivity contribution in [1.29, 1.82) is 5.41 Å². The highest BCUT2D eigenvalue weighted by molar-refractivity contribution is 6.31. The van der Waals surface area contributed by atoms with E-state index in [1.54, 1.807) is 38.1 Å². The fraction of sp³-hybridized carbons (Fsp3) is 0.483. The SMILES string of the molecule is C/C=C(Cl)\C=C(/C(C)=N)C(C)Nc1ccc(C)cc1C(=O)O.C=CC(N)=O.CC.CC1(F)CCC12CNC2. The molecule has 7 nitrogen and oxygen atoms in total. The molecule has 0 aromatic heterocycles. The lowest BCUT2D eigenvalue weighted by atomic mass is 9.55. The van der Waals surface area contributed by atoms with Crippen molar-refractivity contribution in [3.05, 3.63) is 64.7 Å². The van der Waals surface area contributed by atoms with Gasteiger partial charge in [-0.25, -0.2) is 9.18 Å². The number of aryl methyl sites for hydroxylation is 1. The fourth-order valence-corrected chi connectivity index (χ4v) is 3.97. The van der Waals surface area contributed by atoms with Crippen LogP contribution in [-0.4, -0.2) is 47.5 Å². The largest absolute Gasteiger partial charge is 0.478 e. The van der Waals surface area contributed by atoms with Crippen LogP contribution in [0.2, 0.25) is 0 Å². The average Bonchev–Trinajstić information content (AvgIpc) is 2.83. The van der Waals surface area contributed by atoms with Gasteiger partial charge in [0.2, 0.25) is 5.91 Å². The maximum atomic E-state index is 13.3. The predicted octanol–water partition coefficient (Wildman–Crippen LogP) is 6.38. The molecular weight excluding hydrogens is 507 g/mol. The van der Waals surface area contributed by atoms with Crippen LogP contribution in [0.4, 0.5) is 10.1 Å². The summed E-state index contributed by atoms with van der Waals surface area (Å²) in [5, 5.41) is 24.0. The summed E-state index contributed by atoms with van der Waals surface area (Å²) in [5.41, 5.74) is 6.45. The number of benzene rings is 1. The van der Waals surface area contributed by atoms with Crippen molar-refractivity contribution < 1.29 is 19.1 Å². The van der Waals surface area contributed by atoms with Crippen LogP contribution in [0.25, 0.3) is 0 Å². The monoisotopic (exact) mass is 550 g/mol. The third-order valence-corrected chi connectivity index (χ3v) is 6.88. The van der Waals surface area contributed by atoms with Crippen molar-refractivity contribution in [1.82, 2.24) is 5.32 Å². The number of halogens is 2. The highest BCUT2D eigenvalue weighted by atomic mass is 35.5. The molecule has 1 aliphatic heterocycles. The van der Waals surface area contributed by atoms with E-state index in [2.05, 4.69) is 22.9 Å². The van der Waals surface area contributed by atoms with E-state index in [1.165, 1.54) is 0 Å². The molecule has 0 bridgehead atoms. The van der Waals surface area contributed by atoms with Crippen LogP contribution in [0, 0.1) is 17.7 Å². The van der Waals surface area contributed by atoms with Crippen molar-refractivity contribution in [2.45, 2.75) is 73.0 Å². The molecule has 38 heavy (non-hydrogen) atoms. The minimum Gasteiger partial charge on any atom is -0.478 e. The molecule has 1 aromatic rings. The number of alkyl halides is 1. The molecule has 2 aliphatic rings. The highest BCUT2D eigenvalue weighted by Crippen LogP contribution is 2.54. The van der Waals surface area contributed by atoms with Gasteiger partial charge >= 0.3 is 5.97 Å². The van der Waals surface area contributed by atoms with Crippen molar-refractivity contribution in [3.8, 4) is 0 Å². The minimum atomic E-state index is -0.984. The summed E-state index contributed by atoms with van der Waals surface area (Å²) < 4.78 is 13.3. The van der Waals surface area contributed by atoms with Crippen LogP contribution >= 0.6 is 11.6 Å². The van der Waals surface area contributed by atoms with Gasteiger partial charge in [-0.2, -0.15) is 0 Å². The Bertz CT molecular complexity index is 1040. The Balaban J connectivity index is 0.000000691. The number of carboxylic acids is 1. The van der Waals surface area contributed by atoms with Crippen molar-refractivity contribution in [3.63, 3.8) is 0 Å². The van der Waals surface area contributed by atoms with E-state index in [4.69, 9.17) is 17.0 Å². The lowest BCUT2D eigenvalue weighted by Gasteiger charge is -2.58. The molecule has 1 aliphatic carbocycles. The molecule has 1 heterocycles. The summed E-state index contributed by atoms with van der Waals surface area (Å²) in [5.74, 6) is -1.47. The molecule has 212 valence electrons. The highest BCUT2D eigenvalue weighted by Gasteiger charge is 2.59. The number of hydrogen-bond acceptors (Lipinski definition) is 5. The van der Waals surface area contributed by atoms with Crippen LogP contribution < -0.4 is 16.4 Å². The predicted molar refractivity (Wildman–Crippen MR) is 157 cm³/mol. The van der Waals surface area contributed by atoms with Gasteiger partial charge in [0.05, 0.1) is 11.6 Å². The van der Waals surface area contributed by atoms with E-state index in [1.807, 2.05) is 40.7 Å². The molecule has 1 spiro atoms. The van der Waals surface area contributed by atoms with Gasteiger partial charge in [-0.05, 0) is 77.3 Å². The van der Waals surface area contributed by atoms with Crippen LogP contribution in [0.15, 0.2) is 53.6 Å². The van der Waals surface area contributed by atoms with Crippen molar-refractivity contribution in [2.75, 3.05) is 18.4 Å². The second-order valence-electron chi connectivity index (χ2n) is 9.31. The Morgan fingerprint density at radius 2 is 1.87 bits per heavy atom. The quantitative estimate of drug-likeness (QED) is 0.153. The maximum Gasteiger partial charge on any atom is 0.337 e. The van der Waals surface area contributed by atoms with Gasteiger partial charge in [-0.1, -0.05) is 49.7 Å². The Labute approximate surface area is 231 Å². The average molecular weight is 551 g/mol. The Kier molecular flexibility index (Phi) is 14.8. The number of carbonyl (C=O) groups excluding carboxylic acids is 1. The first-order valence-corrected chi connectivity index (χ1v) is 13.1.